The summed E-state index contributed by atoms with van der Waals surface area (Å²) in [5.41, 5.74) is 0.123. The fourth-order valence-electron chi connectivity index (χ4n) is 2.09. The van der Waals surface area contributed by atoms with E-state index in [4.69, 9.17) is 4.74 Å². The molecule has 0 heterocycles. The molecule has 0 radical (unpaired) electrons. The number of ether oxygens (including phenoxy) is 2. The first-order chi connectivity index (χ1) is 7.43. The molecule has 1 aliphatic rings. The second kappa shape index (κ2) is 5.47. The normalized spacial score (nSPS) is 29.3. The topological polar surface area (TPSA) is 47.6 Å². The molecule has 4 nitrogen and oxygen atoms in total. The van der Waals surface area contributed by atoms with Gasteiger partial charge < -0.3 is 14.8 Å². The van der Waals surface area contributed by atoms with E-state index in [0.717, 1.165) is 6.42 Å². The molecule has 1 aliphatic carbocycles. The Morgan fingerprint density at radius 3 is 2.62 bits per heavy atom. The van der Waals surface area contributed by atoms with E-state index in [9.17, 15) is 4.79 Å². The average Bonchev–Trinajstić information content (AvgIpc) is 2.26. The minimum Gasteiger partial charge on any atom is -0.468 e. The van der Waals surface area contributed by atoms with Gasteiger partial charge in [0.15, 0.2) is 0 Å². The first-order valence-corrected chi connectivity index (χ1v) is 6.33. The number of alkyl halides is 1. The van der Waals surface area contributed by atoms with Gasteiger partial charge >= 0.3 is 5.97 Å². The molecule has 1 fully saturated rings. The van der Waals surface area contributed by atoms with E-state index in [1.165, 1.54) is 7.11 Å². The smallest absolute Gasteiger partial charge is 0.320 e. The van der Waals surface area contributed by atoms with Crippen LogP contribution in [-0.2, 0) is 14.3 Å². The van der Waals surface area contributed by atoms with Crippen LogP contribution in [0.1, 0.15) is 20.3 Å². The minimum atomic E-state index is -0.283. The van der Waals surface area contributed by atoms with Crippen LogP contribution in [0.2, 0.25) is 0 Å². The number of halogens is 1. The number of carbonyl (C=O) groups is 1. The third kappa shape index (κ3) is 2.76. The first kappa shape index (κ1) is 13.9. The first-order valence-electron chi connectivity index (χ1n) is 5.41. The molecule has 0 aromatic carbocycles. The minimum absolute atomic E-state index is 0.123. The van der Waals surface area contributed by atoms with Gasteiger partial charge in [0.1, 0.15) is 4.83 Å². The van der Waals surface area contributed by atoms with Crippen molar-refractivity contribution in [2.75, 3.05) is 20.8 Å². The third-order valence-corrected chi connectivity index (χ3v) is 4.16. The lowest BCUT2D eigenvalue weighted by atomic mass is 9.64. The van der Waals surface area contributed by atoms with Crippen LogP contribution in [0.15, 0.2) is 0 Å². The van der Waals surface area contributed by atoms with Crippen LogP contribution in [0.5, 0.6) is 0 Å². The van der Waals surface area contributed by atoms with E-state index in [1.54, 1.807) is 7.11 Å². The molecule has 1 saturated carbocycles. The summed E-state index contributed by atoms with van der Waals surface area (Å²) in [6.07, 6.45) is 1.29. The highest BCUT2D eigenvalue weighted by molar-refractivity contribution is 9.10. The van der Waals surface area contributed by atoms with E-state index < -0.39 is 0 Å². The highest BCUT2D eigenvalue weighted by Crippen LogP contribution is 2.42. The molecule has 1 N–H and O–H groups in total. The summed E-state index contributed by atoms with van der Waals surface area (Å²) >= 11 is 3.29. The number of methoxy groups -OCH3 is 2. The largest absolute Gasteiger partial charge is 0.468 e. The molecule has 3 atom stereocenters. The van der Waals surface area contributed by atoms with Crippen molar-refractivity contribution in [2.24, 2.45) is 5.41 Å². The van der Waals surface area contributed by atoms with Gasteiger partial charge in [-0.25, -0.2) is 0 Å². The highest BCUT2D eigenvalue weighted by Gasteiger charge is 2.48. The molecule has 0 spiro atoms. The van der Waals surface area contributed by atoms with Crippen LogP contribution in [0.3, 0.4) is 0 Å². The fourth-order valence-corrected chi connectivity index (χ4v) is 2.46. The van der Waals surface area contributed by atoms with E-state index in [1.807, 2.05) is 0 Å². The standard InChI is InChI=1S/C11H20BrNO3/c1-11(2)8(5-9(11)15-3)13-6-7(12)10(14)16-4/h7-9,13H,5-6H2,1-4H3. The van der Waals surface area contributed by atoms with Crippen molar-refractivity contribution in [1.82, 2.24) is 5.32 Å². The summed E-state index contributed by atoms with van der Waals surface area (Å²) in [5.74, 6) is -0.243. The number of nitrogens with one attached hydrogen (secondary N) is 1. The van der Waals surface area contributed by atoms with Crippen molar-refractivity contribution in [3.05, 3.63) is 0 Å². The monoisotopic (exact) mass is 293 g/mol. The van der Waals surface area contributed by atoms with Gasteiger partial charge in [0.2, 0.25) is 0 Å². The van der Waals surface area contributed by atoms with Crippen LogP contribution >= 0.6 is 15.9 Å². The molecular formula is C11H20BrNO3. The van der Waals surface area contributed by atoms with Gasteiger partial charge in [-0.15, -0.1) is 0 Å². The Kier molecular flexibility index (Phi) is 4.76. The van der Waals surface area contributed by atoms with Gasteiger partial charge in [0, 0.05) is 25.1 Å². The fraction of sp³-hybridized carbons (Fsp3) is 0.909. The van der Waals surface area contributed by atoms with Gasteiger partial charge in [-0.2, -0.15) is 0 Å². The molecule has 0 amide bonds. The maximum absolute atomic E-state index is 11.2. The van der Waals surface area contributed by atoms with Gasteiger partial charge in [0.05, 0.1) is 13.2 Å². The molecular weight excluding hydrogens is 274 g/mol. The van der Waals surface area contributed by atoms with E-state index >= 15 is 0 Å². The second-order valence-corrected chi connectivity index (χ2v) is 5.84. The maximum atomic E-state index is 11.2. The molecule has 0 bridgehead atoms. The summed E-state index contributed by atoms with van der Waals surface area (Å²) in [6.45, 7) is 4.92. The summed E-state index contributed by atoms with van der Waals surface area (Å²) < 4.78 is 10.0. The van der Waals surface area contributed by atoms with Crippen LogP contribution < -0.4 is 5.32 Å². The molecule has 1 rings (SSSR count). The highest BCUT2D eigenvalue weighted by atomic mass is 79.9. The molecule has 3 unspecified atom stereocenters. The Balaban J connectivity index is 2.33. The van der Waals surface area contributed by atoms with Crippen molar-refractivity contribution in [3.63, 3.8) is 0 Å². The number of carbonyl (C=O) groups excluding carboxylic acids is 1. The molecule has 0 aromatic rings. The lowest BCUT2D eigenvalue weighted by molar-refractivity contribution is -0.140. The van der Waals surface area contributed by atoms with Gasteiger partial charge in [-0.1, -0.05) is 29.8 Å². The number of hydrogen-bond donors (Lipinski definition) is 1. The predicted molar refractivity (Wildman–Crippen MR) is 65.7 cm³/mol. The number of esters is 1. The zero-order valence-corrected chi connectivity index (χ0v) is 11.8. The summed E-state index contributed by atoms with van der Waals surface area (Å²) in [7, 11) is 3.13. The van der Waals surface area contributed by atoms with Crippen molar-refractivity contribution >= 4 is 21.9 Å². The molecule has 0 aromatic heterocycles. The zero-order chi connectivity index (χ0) is 12.3. The molecule has 5 heteroatoms. The lowest BCUT2D eigenvalue weighted by Crippen LogP contribution is -2.61. The van der Waals surface area contributed by atoms with Gasteiger partial charge in [-0.3, -0.25) is 4.79 Å². The van der Waals surface area contributed by atoms with Gasteiger partial charge in [-0.05, 0) is 6.42 Å². The molecule has 0 saturated heterocycles. The van der Waals surface area contributed by atoms with Crippen molar-refractivity contribution < 1.29 is 14.3 Å². The molecule has 16 heavy (non-hydrogen) atoms. The molecule has 94 valence electrons. The van der Waals surface area contributed by atoms with Crippen molar-refractivity contribution in [1.29, 1.82) is 0 Å². The van der Waals surface area contributed by atoms with Gasteiger partial charge in [0.25, 0.3) is 0 Å². The summed E-state index contributed by atoms with van der Waals surface area (Å²) in [4.78, 5) is 10.9. The molecule has 0 aliphatic heterocycles. The SMILES string of the molecule is COC(=O)C(Br)CNC1CC(OC)C1(C)C. The Morgan fingerprint density at radius 1 is 1.56 bits per heavy atom. The lowest BCUT2D eigenvalue weighted by Gasteiger charge is -2.51. The second-order valence-electron chi connectivity index (χ2n) is 4.73. The van der Waals surface area contributed by atoms with Crippen molar-refractivity contribution in [2.45, 2.75) is 37.2 Å². The Hall–Kier alpha value is -0.130. The zero-order valence-electron chi connectivity index (χ0n) is 10.2. The predicted octanol–water partition coefficient (Wildman–Crippen LogP) is 1.33. The van der Waals surface area contributed by atoms with Crippen molar-refractivity contribution in [3.8, 4) is 0 Å². The summed E-state index contributed by atoms with van der Waals surface area (Å²) in [6, 6.07) is 0.391. The Morgan fingerprint density at radius 2 is 2.19 bits per heavy atom. The maximum Gasteiger partial charge on any atom is 0.320 e. The van der Waals surface area contributed by atoms with E-state index in [-0.39, 0.29) is 16.2 Å². The quantitative estimate of drug-likeness (QED) is 0.614. The van der Waals surface area contributed by atoms with Crippen LogP contribution in [0.4, 0.5) is 0 Å². The van der Waals surface area contributed by atoms with Crippen LogP contribution in [0.25, 0.3) is 0 Å². The third-order valence-electron chi connectivity index (χ3n) is 3.46. The van der Waals surface area contributed by atoms with E-state index in [2.05, 4.69) is 39.8 Å². The average molecular weight is 294 g/mol. The van der Waals surface area contributed by atoms with Crippen LogP contribution in [-0.4, -0.2) is 43.7 Å². The number of rotatable bonds is 5. The van der Waals surface area contributed by atoms with Crippen LogP contribution in [0, 0.1) is 5.41 Å². The summed E-state index contributed by atoms with van der Waals surface area (Å²) in [5, 5.41) is 3.36. The van der Waals surface area contributed by atoms with E-state index in [0.29, 0.717) is 18.7 Å². The Labute approximate surface area is 105 Å². The Bertz CT molecular complexity index is 258. The number of hydrogen-bond acceptors (Lipinski definition) is 4.